The van der Waals surface area contributed by atoms with Crippen LogP contribution in [-0.4, -0.2) is 29.7 Å². The second-order valence-corrected chi connectivity index (χ2v) is 14.6. The number of anilines is 1. The van der Waals surface area contributed by atoms with E-state index < -0.39 is 16.1 Å². The molecule has 0 bridgehead atoms. The smallest absolute Gasteiger partial charge is 0.330 e. The Morgan fingerprint density at radius 3 is 2.27 bits per heavy atom. The highest BCUT2D eigenvalue weighted by Crippen LogP contribution is 2.33. The highest BCUT2D eigenvalue weighted by atomic mass is 35.5. The first-order valence-corrected chi connectivity index (χ1v) is 18.1. The maximum Gasteiger partial charge on any atom is 0.330 e. The zero-order valence-electron chi connectivity index (χ0n) is 26.0. The summed E-state index contributed by atoms with van der Waals surface area (Å²) in [6.45, 7) is 0.787. The minimum Gasteiger partial charge on any atom is -0.493 e. The summed E-state index contributed by atoms with van der Waals surface area (Å²) in [6, 6.07) is 28.9. The molecule has 0 spiro atoms. The third kappa shape index (κ3) is 7.04. The van der Waals surface area contributed by atoms with E-state index in [1.807, 2.05) is 35.0 Å². The Morgan fingerprint density at radius 1 is 0.875 bits per heavy atom. The molecule has 8 nitrogen and oxygen atoms in total. The first kappa shape index (κ1) is 32.1. The van der Waals surface area contributed by atoms with Crippen molar-refractivity contribution in [2.24, 2.45) is 5.92 Å². The molecule has 0 atom stereocenters. The largest absolute Gasteiger partial charge is 0.493 e. The van der Waals surface area contributed by atoms with Crippen molar-refractivity contribution >= 4 is 39.1 Å². The molecular formula is C37H34Cl2N4O4S. The van der Waals surface area contributed by atoms with Gasteiger partial charge in [-0.2, -0.15) is 8.42 Å². The van der Waals surface area contributed by atoms with Crippen LogP contribution in [0.25, 0.3) is 28.1 Å². The molecule has 4 aromatic carbocycles. The van der Waals surface area contributed by atoms with Crippen molar-refractivity contribution in [1.29, 1.82) is 0 Å². The van der Waals surface area contributed by atoms with E-state index in [9.17, 15) is 13.5 Å². The third-order valence-electron chi connectivity index (χ3n) is 8.79. The summed E-state index contributed by atoms with van der Waals surface area (Å²) in [4.78, 5) is 4.98. The summed E-state index contributed by atoms with van der Waals surface area (Å²) in [7, 11) is -3.95. The Morgan fingerprint density at radius 2 is 1.58 bits per heavy atom. The van der Waals surface area contributed by atoms with Gasteiger partial charge >= 0.3 is 10.2 Å². The fourth-order valence-corrected chi connectivity index (χ4v) is 7.83. The van der Waals surface area contributed by atoms with Gasteiger partial charge in [0.15, 0.2) is 0 Å². The number of rotatable bonds is 9. The van der Waals surface area contributed by atoms with E-state index in [-0.39, 0.29) is 0 Å². The molecule has 11 heteroatoms. The van der Waals surface area contributed by atoms with Gasteiger partial charge in [0.1, 0.15) is 11.6 Å². The number of nitrogens with one attached hydrogen (secondary N) is 1. The van der Waals surface area contributed by atoms with E-state index in [1.54, 1.807) is 30.3 Å². The molecule has 1 saturated carbocycles. The number of nitrogens with zero attached hydrogens (tertiary/aromatic N) is 3. The Bertz CT molecular complexity index is 2070. The molecule has 0 radical (unpaired) electrons. The number of aliphatic hydroxyl groups excluding tert-OH is 1. The fourth-order valence-electron chi connectivity index (χ4n) is 6.28. The van der Waals surface area contributed by atoms with Crippen LogP contribution in [0.4, 0.5) is 5.69 Å². The Kier molecular flexibility index (Phi) is 9.09. The van der Waals surface area contributed by atoms with Gasteiger partial charge in [-0.1, -0.05) is 84.9 Å². The van der Waals surface area contributed by atoms with Crippen LogP contribution in [0.5, 0.6) is 5.75 Å². The molecule has 2 N–H and O–H groups in total. The normalized spacial score (nSPS) is 16.0. The molecule has 7 rings (SSSR count). The van der Waals surface area contributed by atoms with Crippen molar-refractivity contribution in [3.63, 3.8) is 0 Å². The second kappa shape index (κ2) is 13.6. The van der Waals surface area contributed by atoms with E-state index in [0.717, 1.165) is 50.9 Å². The van der Waals surface area contributed by atoms with Gasteiger partial charge in [0.2, 0.25) is 5.88 Å². The number of hydrogen-bond acceptors (Lipinski definition) is 5. The van der Waals surface area contributed by atoms with Crippen LogP contribution in [0.3, 0.4) is 0 Å². The van der Waals surface area contributed by atoms with Crippen LogP contribution < -0.4 is 13.8 Å². The van der Waals surface area contributed by atoms with Gasteiger partial charge in [-0.25, -0.2) is 14.0 Å². The lowest BCUT2D eigenvalue weighted by atomic mass is 9.90. The van der Waals surface area contributed by atoms with E-state index >= 15 is 0 Å². The number of imidazole rings is 1. The highest BCUT2D eigenvalue weighted by molar-refractivity contribution is 7.91. The number of hydrogen-bond donors (Lipinski definition) is 2. The molecular weight excluding hydrogens is 667 g/mol. The van der Waals surface area contributed by atoms with Crippen molar-refractivity contribution in [2.75, 3.05) is 10.9 Å². The molecule has 2 aliphatic rings. The minimum absolute atomic E-state index is 0.351. The van der Waals surface area contributed by atoms with Gasteiger partial charge in [-0.15, -0.1) is 0 Å². The van der Waals surface area contributed by atoms with E-state index in [1.165, 1.54) is 32.1 Å². The van der Waals surface area contributed by atoms with Crippen LogP contribution in [-0.2, 0) is 16.6 Å². The average molecular weight is 702 g/mol. The standard InChI is InChI=1S/C37H34Cl2N4O4S/c38-29-15-18-33(34(39)20-29)35-22-42(30-7-4-8-31(21-30)43-23-37(44)41-48(43,45)46)36(40-35)19-25-9-11-27(12-10-25)28-13-16-32(17-14-28)47-24-26-5-2-1-3-6-26/h4,7-18,20-23,26,41,44H,1-3,5-6,19,24H2. The number of halogens is 2. The van der Waals surface area contributed by atoms with Gasteiger partial charge in [0.25, 0.3) is 0 Å². The van der Waals surface area contributed by atoms with Gasteiger partial charge < -0.3 is 14.4 Å². The van der Waals surface area contributed by atoms with Crippen molar-refractivity contribution in [2.45, 2.75) is 38.5 Å². The molecule has 0 unspecified atom stereocenters. The quantitative estimate of drug-likeness (QED) is 0.160. The zero-order valence-corrected chi connectivity index (χ0v) is 28.3. The summed E-state index contributed by atoms with van der Waals surface area (Å²) in [6.07, 6.45) is 9.98. The molecule has 5 aromatic rings. The van der Waals surface area contributed by atoms with E-state index in [4.69, 9.17) is 32.9 Å². The maximum atomic E-state index is 12.6. The van der Waals surface area contributed by atoms with Crippen molar-refractivity contribution in [1.82, 2.24) is 14.3 Å². The van der Waals surface area contributed by atoms with Gasteiger partial charge in [-0.05, 0) is 84.0 Å². The van der Waals surface area contributed by atoms with Crippen LogP contribution in [0.2, 0.25) is 10.0 Å². The van der Waals surface area contributed by atoms with Crippen LogP contribution in [0.15, 0.2) is 109 Å². The Labute approximate surface area is 290 Å². The second-order valence-electron chi connectivity index (χ2n) is 12.2. The van der Waals surface area contributed by atoms with Crippen LogP contribution >= 0.6 is 23.2 Å². The zero-order chi connectivity index (χ0) is 33.3. The lowest BCUT2D eigenvalue weighted by Crippen LogP contribution is -2.29. The van der Waals surface area contributed by atoms with E-state index in [0.29, 0.717) is 39.5 Å². The summed E-state index contributed by atoms with van der Waals surface area (Å²) < 4.78 is 36.2. The van der Waals surface area contributed by atoms with Gasteiger partial charge in [-0.3, -0.25) is 0 Å². The number of aromatic nitrogens is 2. The van der Waals surface area contributed by atoms with Crippen LogP contribution in [0.1, 0.15) is 43.5 Å². The molecule has 48 heavy (non-hydrogen) atoms. The lowest BCUT2D eigenvalue weighted by Gasteiger charge is -2.21. The molecule has 246 valence electrons. The monoisotopic (exact) mass is 700 g/mol. The van der Waals surface area contributed by atoms with Gasteiger partial charge in [0, 0.05) is 28.9 Å². The average Bonchev–Trinajstić information content (AvgIpc) is 3.63. The highest BCUT2D eigenvalue weighted by Gasteiger charge is 2.29. The molecule has 2 heterocycles. The summed E-state index contributed by atoms with van der Waals surface area (Å²) in [5.74, 6) is 1.83. The number of ether oxygens (including phenoxy) is 1. The SMILES string of the molecule is O=S1(=O)NC(O)=CN1c1cccc(-n2cc(-c3ccc(Cl)cc3Cl)nc2Cc2ccc(-c3ccc(OCC4CCCCC4)cc3)cc2)c1. The van der Waals surface area contributed by atoms with Crippen molar-refractivity contribution < 1.29 is 18.3 Å². The molecule has 1 aliphatic carbocycles. The fraction of sp³-hybridized carbons (Fsp3) is 0.216. The van der Waals surface area contributed by atoms with E-state index in [2.05, 4.69) is 41.1 Å². The van der Waals surface area contributed by atoms with Crippen molar-refractivity contribution in [3.05, 3.63) is 131 Å². The van der Waals surface area contributed by atoms with Gasteiger partial charge in [0.05, 0.1) is 29.2 Å². The molecule has 1 aliphatic heterocycles. The summed E-state index contributed by atoms with van der Waals surface area (Å²) in [5.41, 5.74) is 5.65. The molecule has 0 saturated heterocycles. The Balaban J connectivity index is 1.15. The first-order valence-electron chi connectivity index (χ1n) is 15.9. The molecule has 1 aromatic heterocycles. The molecule has 0 amide bonds. The topological polar surface area (TPSA) is 96.7 Å². The molecule has 1 fully saturated rings. The lowest BCUT2D eigenvalue weighted by molar-refractivity contribution is 0.209. The summed E-state index contributed by atoms with van der Waals surface area (Å²) >= 11 is 12.7. The Hall–Kier alpha value is -4.44. The first-order chi connectivity index (χ1) is 23.2. The van der Waals surface area contributed by atoms with Crippen molar-refractivity contribution in [3.8, 4) is 33.8 Å². The van der Waals surface area contributed by atoms with Crippen LogP contribution in [0, 0.1) is 5.92 Å². The number of benzene rings is 4. The summed E-state index contributed by atoms with van der Waals surface area (Å²) in [5, 5.41) is 10.8. The predicted octanol–water partition coefficient (Wildman–Crippen LogP) is 9.07. The predicted molar refractivity (Wildman–Crippen MR) is 191 cm³/mol. The number of aliphatic hydroxyl groups is 1. The third-order valence-corrected chi connectivity index (χ3v) is 10.6. The maximum absolute atomic E-state index is 12.6. The minimum atomic E-state index is -3.95.